The third-order valence-corrected chi connectivity index (χ3v) is 8.81. The van der Waals surface area contributed by atoms with Gasteiger partial charge in [0.15, 0.2) is 11.5 Å². The van der Waals surface area contributed by atoms with Gasteiger partial charge >= 0.3 is 0 Å². The molecule has 0 saturated carbocycles. The summed E-state index contributed by atoms with van der Waals surface area (Å²) in [4.78, 5) is 7.08. The average molecular weight is 489 g/mol. The van der Waals surface area contributed by atoms with E-state index in [2.05, 4.69) is 70.5 Å². The average Bonchev–Trinajstić information content (AvgIpc) is 3.18. The molecule has 37 heavy (non-hydrogen) atoms. The molecular formula is C33H32N2O2. The molecule has 3 unspecified atom stereocenters. The highest BCUT2D eigenvalue weighted by Gasteiger charge is 2.45. The number of nitrogens with zero attached hydrogens (tertiary/aromatic N) is 2. The lowest BCUT2D eigenvalue weighted by Gasteiger charge is -2.43. The highest BCUT2D eigenvalue weighted by molar-refractivity contribution is 5.68. The van der Waals surface area contributed by atoms with E-state index in [9.17, 15) is 5.11 Å². The molecule has 2 bridgehead atoms. The Hall–Kier alpha value is -3.63. The van der Waals surface area contributed by atoms with Gasteiger partial charge < -0.3 is 9.84 Å². The zero-order valence-electron chi connectivity index (χ0n) is 21.0. The minimum absolute atomic E-state index is 0.225. The predicted molar refractivity (Wildman–Crippen MR) is 146 cm³/mol. The van der Waals surface area contributed by atoms with E-state index in [0.717, 1.165) is 35.4 Å². The molecule has 4 nitrogen and oxygen atoms in total. The van der Waals surface area contributed by atoms with Gasteiger partial charge in [0.25, 0.3) is 0 Å². The Morgan fingerprint density at radius 3 is 2.46 bits per heavy atom. The van der Waals surface area contributed by atoms with Gasteiger partial charge in [-0.1, -0.05) is 60.7 Å². The topological polar surface area (TPSA) is 45.6 Å². The molecule has 2 saturated heterocycles. The second-order valence-corrected chi connectivity index (χ2v) is 10.9. The van der Waals surface area contributed by atoms with E-state index < -0.39 is 0 Å². The van der Waals surface area contributed by atoms with Crippen molar-refractivity contribution in [2.45, 2.75) is 50.1 Å². The van der Waals surface area contributed by atoms with Crippen LogP contribution in [0.25, 0.3) is 11.1 Å². The summed E-state index contributed by atoms with van der Waals surface area (Å²) in [5.74, 6) is 2.47. The minimum atomic E-state index is 0.225. The Bertz CT molecular complexity index is 1390. The van der Waals surface area contributed by atoms with Crippen LogP contribution in [-0.4, -0.2) is 33.6 Å². The van der Waals surface area contributed by atoms with Gasteiger partial charge in [-0.2, -0.15) is 0 Å². The van der Waals surface area contributed by atoms with Crippen LogP contribution < -0.4 is 4.74 Å². The maximum Gasteiger partial charge on any atom is 0.172 e. The minimum Gasteiger partial charge on any atom is -0.504 e. The molecule has 186 valence electrons. The summed E-state index contributed by atoms with van der Waals surface area (Å²) in [6.45, 7) is 1.14. The summed E-state index contributed by atoms with van der Waals surface area (Å²) in [5.41, 5.74) is 5.95. The van der Waals surface area contributed by atoms with Crippen molar-refractivity contribution in [1.29, 1.82) is 0 Å². The largest absolute Gasteiger partial charge is 0.504 e. The fourth-order valence-electron chi connectivity index (χ4n) is 7.13. The molecule has 1 N–H and O–H groups in total. The second kappa shape index (κ2) is 9.35. The van der Waals surface area contributed by atoms with Crippen LogP contribution >= 0.6 is 0 Å². The Morgan fingerprint density at radius 1 is 0.838 bits per heavy atom. The van der Waals surface area contributed by atoms with E-state index in [1.54, 1.807) is 12.3 Å². The van der Waals surface area contributed by atoms with Crippen molar-refractivity contribution < 1.29 is 9.84 Å². The number of benzene rings is 3. The SMILES string of the molecule is Oc1cccc2c1Oc1cc(-c3cccnc3)ccc1C2C1CC2CCC(C1)N2CCc1ccccc1. The van der Waals surface area contributed by atoms with Crippen LogP contribution in [0.2, 0.25) is 0 Å². The number of fused-ring (bicyclic) bond motifs is 4. The highest BCUT2D eigenvalue weighted by Crippen LogP contribution is 2.55. The van der Waals surface area contributed by atoms with Gasteiger partial charge in [0, 0.05) is 53.6 Å². The first-order valence-electron chi connectivity index (χ1n) is 13.6. The molecule has 3 aromatic carbocycles. The summed E-state index contributed by atoms with van der Waals surface area (Å²) in [6, 6.07) is 28.6. The number of phenols is 1. The number of hydrogen-bond donors (Lipinski definition) is 1. The normalized spacial score (nSPS) is 24.2. The third-order valence-electron chi connectivity index (χ3n) is 8.81. The van der Waals surface area contributed by atoms with Crippen molar-refractivity contribution >= 4 is 0 Å². The standard InChI is InChI=1S/C33H32N2O2/c36-30-10-4-9-29-32(28-14-11-23(20-31(28)37-33(29)30)24-8-5-16-34-21-24)25-18-26-12-13-27(19-25)35(26)17-15-22-6-2-1-3-7-22/h1-11,14,16,20-21,25-27,32,36H,12-13,15,17-19H2. The van der Waals surface area contributed by atoms with Gasteiger partial charge in [0.05, 0.1) is 0 Å². The second-order valence-electron chi connectivity index (χ2n) is 10.9. The molecule has 3 atom stereocenters. The van der Waals surface area contributed by atoms with Crippen LogP contribution in [0, 0.1) is 5.92 Å². The highest BCUT2D eigenvalue weighted by atomic mass is 16.5. The van der Waals surface area contributed by atoms with Gasteiger partial charge in [-0.05, 0) is 67.3 Å². The molecule has 2 fully saturated rings. The fourth-order valence-corrected chi connectivity index (χ4v) is 7.13. The van der Waals surface area contributed by atoms with Gasteiger partial charge in [0.2, 0.25) is 0 Å². The van der Waals surface area contributed by atoms with E-state index in [-0.39, 0.29) is 11.7 Å². The van der Waals surface area contributed by atoms with Crippen molar-refractivity contribution in [3.8, 4) is 28.4 Å². The van der Waals surface area contributed by atoms with Crippen LogP contribution in [0.5, 0.6) is 17.2 Å². The molecule has 4 heteroatoms. The predicted octanol–water partition coefficient (Wildman–Crippen LogP) is 7.18. The van der Waals surface area contributed by atoms with Crippen LogP contribution in [0.3, 0.4) is 0 Å². The Balaban J connectivity index is 1.20. The van der Waals surface area contributed by atoms with Crippen LogP contribution in [0.15, 0.2) is 91.3 Å². The van der Waals surface area contributed by atoms with Crippen molar-refractivity contribution in [3.05, 3.63) is 108 Å². The number of aromatic nitrogens is 1. The smallest absolute Gasteiger partial charge is 0.172 e. The van der Waals surface area contributed by atoms with Crippen LogP contribution in [0.1, 0.15) is 48.3 Å². The van der Waals surface area contributed by atoms with Crippen LogP contribution in [-0.2, 0) is 6.42 Å². The number of phenolic OH excluding ortho intramolecular Hbond substituents is 1. The first-order chi connectivity index (χ1) is 18.2. The number of ether oxygens (including phenoxy) is 1. The summed E-state index contributed by atoms with van der Waals surface area (Å²) in [6.07, 6.45) is 9.76. The Kier molecular flexibility index (Phi) is 5.70. The van der Waals surface area contributed by atoms with Gasteiger partial charge in [0.1, 0.15) is 5.75 Å². The van der Waals surface area contributed by atoms with E-state index >= 15 is 0 Å². The van der Waals surface area contributed by atoms with Crippen LogP contribution in [0.4, 0.5) is 0 Å². The number of rotatable bonds is 5. The molecule has 7 rings (SSSR count). The maximum absolute atomic E-state index is 10.8. The maximum atomic E-state index is 10.8. The lowest BCUT2D eigenvalue weighted by atomic mass is 9.72. The molecule has 4 aromatic rings. The number of hydrogen-bond acceptors (Lipinski definition) is 4. The Morgan fingerprint density at radius 2 is 1.68 bits per heavy atom. The first-order valence-corrected chi connectivity index (χ1v) is 13.6. The molecule has 4 heterocycles. The molecule has 3 aliphatic rings. The summed E-state index contributed by atoms with van der Waals surface area (Å²) >= 11 is 0. The summed E-state index contributed by atoms with van der Waals surface area (Å²) in [5, 5.41) is 10.8. The summed E-state index contributed by atoms with van der Waals surface area (Å²) in [7, 11) is 0. The zero-order valence-corrected chi connectivity index (χ0v) is 21.0. The molecule has 3 aliphatic heterocycles. The fraction of sp³-hybridized carbons (Fsp3) is 0.303. The van der Waals surface area contributed by atoms with E-state index in [0.29, 0.717) is 23.8 Å². The molecule has 0 amide bonds. The van der Waals surface area contributed by atoms with Crippen molar-refractivity contribution in [2.24, 2.45) is 5.92 Å². The molecule has 0 spiro atoms. The van der Waals surface area contributed by atoms with E-state index in [1.165, 1.54) is 36.8 Å². The van der Waals surface area contributed by atoms with Gasteiger partial charge in [-0.15, -0.1) is 0 Å². The van der Waals surface area contributed by atoms with Crippen molar-refractivity contribution in [2.75, 3.05) is 6.54 Å². The lowest BCUT2D eigenvalue weighted by molar-refractivity contribution is 0.0971. The van der Waals surface area contributed by atoms with E-state index in [4.69, 9.17) is 4.74 Å². The van der Waals surface area contributed by atoms with E-state index in [1.807, 2.05) is 18.3 Å². The summed E-state index contributed by atoms with van der Waals surface area (Å²) < 4.78 is 6.39. The molecular weight excluding hydrogens is 456 g/mol. The number of para-hydroxylation sites is 1. The monoisotopic (exact) mass is 488 g/mol. The van der Waals surface area contributed by atoms with Crippen molar-refractivity contribution in [1.82, 2.24) is 9.88 Å². The first kappa shape index (κ1) is 22.6. The lowest BCUT2D eigenvalue weighted by Crippen LogP contribution is -2.45. The van der Waals surface area contributed by atoms with Gasteiger partial charge in [-0.25, -0.2) is 0 Å². The third kappa shape index (κ3) is 4.10. The van der Waals surface area contributed by atoms with Gasteiger partial charge in [-0.3, -0.25) is 9.88 Å². The van der Waals surface area contributed by atoms with Crippen molar-refractivity contribution in [3.63, 3.8) is 0 Å². The molecule has 0 radical (unpaired) electrons. The number of aromatic hydroxyl groups is 1. The number of pyridine rings is 1. The number of piperidine rings is 1. The molecule has 0 aliphatic carbocycles. The Labute approximate surface area is 218 Å². The quantitative estimate of drug-likeness (QED) is 0.323. The zero-order chi connectivity index (χ0) is 24.8. The molecule has 1 aromatic heterocycles.